The molecule has 1 aromatic heterocycles. The Labute approximate surface area is 134 Å². The molecule has 0 saturated heterocycles. The fourth-order valence-corrected chi connectivity index (χ4v) is 2.54. The van der Waals surface area contributed by atoms with Gasteiger partial charge in [-0.05, 0) is 18.9 Å². The van der Waals surface area contributed by atoms with E-state index in [0.717, 1.165) is 11.1 Å². The molecular formula is C19H17FN2O. The van der Waals surface area contributed by atoms with Crippen molar-refractivity contribution in [3.05, 3.63) is 88.1 Å². The fourth-order valence-electron chi connectivity index (χ4n) is 2.54. The number of nitrogens with zero attached hydrogens (tertiary/aromatic N) is 2. The Morgan fingerprint density at radius 2 is 1.61 bits per heavy atom. The van der Waals surface area contributed by atoms with E-state index in [2.05, 4.69) is 4.98 Å². The molecule has 0 radical (unpaired) electrons. The number of hydrogen-bond donors (Lipinski definition) is 0. The topological polar surface area (TPSA) is 34.9 Å². The molecule has 2 aromatic carbocycles. The molecule has 3 aromatic rings. The first-order chi connectivity index (χ1) is 11.2. The quantitative estimate of drug-likeness (QED) is 0.738. The van der Waals surface area contributed by atoms with Crippen molar-refractivity contribution in [1.82, 2.24) is 9.55 Å². The third kappa shape index (κ3) is 3.21. The van der Waals surface area contributed by atoms with Gasteiger partial charge in [0.05, 0.1) is 5.69 Å². The number of aryl methyl sites for hydroxylation is 2. The summed E-state index contributed by atoms with van der Waals surface area (Å²) in [7, 11) is 0. The van der Waals surface area contributed by atoms with Crippen molar-refractivity contribution in [2.45, 2.75) is 19.9 Å². The minimum Gasteiger partial charge on any atom is -0.290 e. The Morgan fingerprint density at radius 3 is 2.26 bits per heavy atom. The zero-order chi connectivity index (χ0) is 16.2. The Hall–Kier alpha value is -2.75. The van der Waals surface area contributed by atoms with Crippen LogP contribution in [0.4, 0.5) is 4.39 Å². The lowest BCUT2D eigenvalue weighted by Gasteiger charge is -2.13. The third-order valence-electron chi connectivity index (χ3n) is 3.78. The summed E-state index contributed by atoms with van der Waals surface area (Å²) in [5.74, 6) is -0.275. The monoisotopic (exact) mass is 308 g/mol. The molecule has 0 unspecified atom stereocenters. The summed E-state index contributed by atoms with van der Waals surface area (Å²) in [5.41, 5.74) is 1.41. The maximum Gasteiger partial charge on any atom is 0.290 e. The fraction of sp³-hybridized carbons (Fsp3) is 0.158. The van der Waals surface area contributed by atoms with Crippen molar-refractivity contribution >= 4 is 0 Å². The van der Waals surface area contributed by atoms with Gasteiger partial charge in [0.15, 0.2) is 0 Å². The minimum absolute atomic E-state index is 0.129. The summed E-state index contributed by atoms with van der Waals surface area (Å²) in [6.07, 6.45) is 0.644. The van der Waals surface area contributed by atoms with Gasteiger partial charge in [-0.2, -0.15) is 4.39 Å². The zero-order valence-electron chi connectivity index (χ0n) is 12.9. The molecule has 3 rings (SSSR count). The first-order valence-electron chi connectivity index (χ1n) is 7.53. The smallest absolute Gasteiger partial charge is 0.290 e. The summed E-state index contributed by atoms with van der Waals surface area (Å²) in [5, 5.41) is 0. The Bertz CT molecular complexity index is 858. The Morgan fingerprint density at radius 1 is 1.00 bits per heavy atom. The molecule has 23 heavy (non-hydrogen) atoms. The molecule has 0 aliphatic carbocycles. The van der Waals surface area contributed by atoms with E-state index in [1.54, 1.807) is 0 Å². The summed E-state index contributed by atoms with van der Waals surface area (Å²) in [4.78, 5) is 16.7. The van der Waals surface area contributed by atoms with Gasteiger partial charge < -0.3 is 0 Å². The zero-order valence-corrected chi connectivity index (χ0v) is 12.9. The van der Waals surface area contributed by atoms with Crippen LogP contribution in [0.2, 0.25) is 0 Å². The first-order valence-corrected chi connectivity index (χ1v) is 7.53. The van der Waals surface area contributed by atoms with Crippen molar-refractivity contribution in [3.8, 4) is 11.4 Å². The van der Waals surface area contributed by atoms with Gasteiger partial charge in [0.2, 0.25) is 5.82 Å². The van der Waals surface area contributed by atoms with Gasteiger partial charge in [-0.15, -0.1) is 0 Å². The Balaban J connectivity index is 2.04. The highest BCUT2D eigenvalue weighted by molar-refractivity contribution is 5.55. The molecule has 0 spiro atoms. The van der Waals surface area contributed by atoms with E-state index in [0.29, 0.717) is 18.8 Å². The summed E-state index contributed by atoms with van der Waals surface area (Å²) >= 11 is 0. The molecule has 0 atom stereocenters. The van der Waals surface area contributed by atoms with Crippen LogP contribution in [0.15, 0.2) is 65.5 Å². The van der Waals surface area contributed by atoms with Gasteiger partial charge in [-0.25, -0.2) is 4.98 Å². The predicted molar refractivity (Wildman–Crippen MR) is 88.8 cm³/mol. The van der Waals surface area contributed by atoms with Gasteiger partial charge in [0.25, 0.3) is 5.56 Å². The number of halogens is 1. The number of benzene rings is 2. The van der Waals surface area contributed by atoms with E-state index < -0.39 is 11.4 Å². The van der Waals surface area contributed by atoms with Crippen molar-refractivity contribution in [2.24, 2.45) is 0 Å². The summed E-state index contributed by atoms with van der Waals surface area (Å²) < 4.78 is 15.4. The van der Waals surface area contributed by atoms with Crippen LogP contribution in [0.5, 0.6) is 0 Å². The predicted octanol–water partition coefficient (Wildman–Crippen LogP) is 3.60. The molecule has 3 nitrogen and oxygen atoms in total. The van der Waals surface area contributed by atoms with Crippen LogP contribution in [-0.4, -0.2) is 9.55 Å². The SMILES string of the molecule is Cc1nc(-c2ccccc2)n(CCc2ccccc2)c(=O)c1F. The van der Waals surface area contributed by atoms with Crippen LogP contribution >= 0.6 is 0 Å². The summed E-state index contributed by atoms with van der Waals surface area (Å²) in [6, 6.07) is 19.2. The van der Waals surface area contributed by atoms with Gasteiger partial charge in [0.1, 0.15) is 5.82 Å². The molecule has 0 aliphatic heterocycles. The lowest BCUT2D eigenvalue weighted by atomic mass is 10.1. The highest BCUT2D eigenvalue weighted by Crippen LogP contribution is 2.17. The first kappa shape index (κ1) is 15.2. The van der Waals surface area contributed by atoms with Crippen LogP contribution in [0, 0.1) is 12.7 Å². The highest BCUT2D eigenvalue weighted by Gasteiger charge is 2.15. The third-order valence-corrected chi connectivity index (χ3v) is 3.78. The molecule has 0 saturated carbocycles. The summed E-state index contributed by atoms with van der Waals surface area (Å²) in [6.45, 7) is 1.90. The lowest BCUT2D eigenvalue weighted by Crippen LogP contribution is -2.28. The van der Waals surface area contributed by atoms with Crippen LogP contribution in [0.1, 0.15) is 11.3 Å². The number of rotatable bonds is 4. The maximum atomic E-state index is 14.0. The van der Waals surface area contributed by atoms with E-state index in [-0.39, 0.29) is 5.69 Å². The van der Waals surface area contributed by atoms with Crippen molar-refractivity contribution in [3.63, 3.8) is 0 Å². The second-order valence-corrected chi connectivity index (χ2v) is 5.39. The lowest BCUT2D eigenvalue weighted by molar-refractivity contribution is 0.546. The maximum absolute atomic E-state index is 14.0. The van der Waals surface area contributed by atoms with Gasteiger partial charge in [-0.1, -0.05) is 60.7 Å². The number of aromatic nitrogens is 2. The minimum atomic E-state index is -0.780. The van der Waals surface area contributed by atoms with Gasteiger partial charge in [0, 0.05) is 12.1 Å². The van der Waals surface area contributed by atoms with E-state index in [9.17, 15) is 9.18 Å². The van der Waals surface area contributed by atoms with E-state index in [1.165, 1.54) is 11.5 Å². The van der Waals surface area contributed by atoms with Gasteiger partial charge in [-0.3, -0.25) is 9.36 Å². The molecule has 0 bridgehead atoms. The van der Waals surface area contributed by atoms with Crippen LogP contribution in [0.25, 0.3) is 11.4 Å². The number of hydrogen-bond acceptors (Lipinski definition) is 2. The standard InChI is InChI=1S/C19H17FN2O/c1-14-17(20)19(23)22(13-12-15-8-4-2-5-9-15)18(21-14)16-10-6-3-7-11-16/h2-11H,12-13H2,1H3. The molecule has 0 aliphatic rings. The average Bonchev–Trinajstić information content (AvgIpc) is 2.60. The van der Waals surface area contributed by atoms with E-state index >= 15 is 0 Å². The second kappa shape index (κ2) is 6.57. The average molecular weight is 308 g/mol. The van der Waals surface area contributed by atoms with Crippen LogP contribution in [-0.2, 0) is 13.0 Å². The normalized spacial score (nSPS) is 10.7. The molecule has 0 N–H and O–H groups in total. The molecular weight excluding hydrogens is 291 g/mol. The molecule has 1 heterocycles. The van der Waals surface area contributed by atoms with Crippen molar-refractivity contribution < 1.29 is 4.39 Å². The molecule has 0 amide bonds. The van der Waals surface area contributed by atoms with Crippen molar-refractivity contribution in [1.29, 1.82) is 0 Å². The van der Waals surface area contributed by atoms with E-state index in [4.69, 9.17) is 0 Å². The highest BCUT2D eigenvalue weighted by atomic mass is 19.1. The van der Waals surface area contributed by atoms with E-state index in [1.807, 2.05) is 60.7 Å². The molecule has 116 valence electrons. The molecule has 0 fully saturated rings. The Kier molecular flexibility index (Phi) is 4.33. The largest absolute Gasteiger partial charge is 0.290 e. The second-order valence-electron chi connectivity index (χ2n) is 5.39. The van der Waals surface area contributed by atoms with Crippen LogP contribution in [0.3, 0.4) is 0 Å². The van der Waals surface area contributed by atoms with Gasteiger partial charge >= 0.3 is 0 Å². The van der Waals surface area contributed by atoms with Crippen LogP contribution < -0.4 is 5.56 Å². The molecule has 4 heteroatoms. The van der Waals surface area contributed by atoms with Crippen molar-refractivity contribution in [2.75, 3.05) is 0 Å².